The Balaban J connectivity index is 2.04. The number of carbonyl (C=O) groups is 2. The number of hydrogen-bond acceptors (Lipinski definition) is 3. The molecule has 0 spiro atoms. The molecule has 2 amide bonds. The highest BCUT2D eigenvalue weighted by atomic mass is 16.2. The SMILES string of the molecule is CCC1NC(=O)C(C)N(CCc2ccncc2)C1=O. The third kappa shape index (κ3) is 2.92. The largest absolute Gasteiger partial charge is 0.343 e. The van der Waals surface area contributed by atoms with Crippen LogP contribution in [-0.2, 0) is 16.0 Å². The summed E-state index contributed by atoms with van der Waals surface area (Å²) in [7, 11) is 0. The Morgan fingerprint density at radius 1 is 1.32 bits per heavy atom. The molecular weight excluding hydrogens is 242 g/mol. The van der Waals surface area contributed by atoms with Crippen molar-refractivity contribution in [3.05, 3.63) is 30.1 Å². The number of piperazine rings is 1. The van der Waals surface area contributed by atoms with Gasteiger partial charge in [0.2, 0.25) is 11.8 Å². The Hall–Kier alpha value is -1.91. The third-order valence-corrected chi connectivity index (χ3v) is 3.54. The topological polar surface area (TPSA) is 62.3 Å². The van der Waals surface area contributed by atoms with E-state index in [4.69, 9.17) is 0 Å². The summed E-state index contributed by atoms with van der Waals surface area (Å²) in [6, 6.07) is 3.09. The van der Waals surface area contributed by atoms with Crippen molar-refractivity contribution in [1.29, 1.82) is 0 Å². The predicted molar refractivity (Wildman–Crippen MR) is 71.3 cm³/mol. The van der Waals surface area contributed by atoms with Crippen LogP contribution in [0.5, 0.6) is 0 Å². The second-order valence-electron chi connectivity index (χ2n) is 4.78. The fourth-order valence-corrected chi connectivity index (χ4v) is 2.27. The molecule has 5 heteroatoms. The quantitative estimate of drug-likeness (QED) is 0.870. The van der Waals surface area contributed by atoms with Gasteiger partial charge in [0.05, 0.1) is 0 Å². The molecule has 0 aromatic carbocycles. The number of carbonyl (C=O) groups excluding carboxylic acids is 2. The number of rotatable bonds is 4. The van der Waals surface area contributed by atoms with Gasteiger partial charge in [-0.3, -0.25) is 14.6 Å². The number of aromatic nitrogens is 1. The van der Waals surface area contributed by atoms with Gasteiger partial charge in [-0.25, -0.2) is 0 Å². The summed E-state index contributed by atoms with van der Waals surface area (Å²) >= 11 is 0. The Labute approximate surface area is 113 Å². The van der Waals surface area contributed by atoms with Crippen molar-refractivity contribution < 1.29 is 9.59 Å². The molecule has 1 aromatic heterocycles. The Bertz CT molecular complexity index is 461. The summed E-state index contributed by atoms with van der Waals surface area (Å²) < 4.78 is 0. The molecule has 0 bridgehead atoms. The first-order valence-electron chi connectivity index (χ1n) is 6.63. The normalized spacial score (nSPS) is 23.4. The minimum absolute atomic E-state index is 0.0173. The predicted octanol–water partition coefficient (Wildman–Crippen LogP) is 0.750. The lowest BCUT2D eigenvalue weighted by atomic mass is 10.1. The molecule has 1 N–H and O–H groups in total. The maximum atomic E-state index is 12.2. The Morgan fingerprint density at radius 3 is 2.63 bits per heavy atom. The first-order chi connectivity index (χ1) is 9.13. The Kier molecular flexibility index (Phi) is 4.14. The summed E-state index contributed by atoms with van der Waals surface area (Å²) in [6.07, 6.45) is 4.84. The van der Waals surface area contributed by atoms with Gasteiger partial charge in [0.15, 0.2) is 0 Å². The standard InChI is InChI=1S/C14H19N3O2/c1-3-12-14(19)17(10(2)13(18)16-12)9-6-11-4-7-15-8-5-11/h4-5,7-8,10,12H,3,6,9H2,1-2H3,(H,16,18). The van der Waals surface area contributed by atoms with E-state index >= 15 is 0 Å². The van der Waals surface area contributed by atoms with Crippen molar-refractivity contribution in [2.75, 3.05) is 6.54 Å². The molecule has 1 saturated heterocycles. The molecule has 0 aliphatic carbocycles. The van der Waals surface area contributed by atoms with Gasteiger partial charge >= 0.3 is 0 Å². The van der Waals surface area contributed by atoms with Crippen LogP contribution in [-0.4, -0.2) is 40.3 Å². The first-order valence-corrected chi connectivity index (χ1v) is 6.63. The average Bonchev–Trinajstić information content (AvgIpc) is 2.44. The molecule has 19 heavy (non-hydrogen) atoms. The minimum atomic E-state index is -0.392. The highest BCUT2D eigenvalue weighted by Gasteiger charge is 2.36. The fraction of sp³-hybridized carbons (Fsp3) is 0.500. The van der Waals surface area contributed by atoms with Crippen LogP contribution in [0.2, 0.25) is 0 Å². The van der Waals surface area contributed by atoms with Gasteiger partial charge in [0.25, 0.3) is 0 Å². The zero-order valence-electron chi connectivity index (χ0n) is 11.3. The van der Waals surface area contributed by atoms with Gasteiger partial charge in [-0.2, -0.15) is 0 Å². The summed E-state index contributed by atoms with van der Waals surface area (Å²) in [6.45, 7) is 4.24. The number of amides is 2. The Morgan fingerprint density at radius 2 is 2.00 bits per heavy atom. The molecule has 5 nitrogen and oxygen atoms in total. The highest BCUT2D eigenvalue weighted by Crippen LogP contribution is 2.13. The maximum absolute atomic E-state index is 12.2. The number of pyridine rings is 1. The van der Waals surface area contributed by atoms with Crippen molar-refractivity contribution in [3.63, 3.8) is 0 Å². The second-order valence-corrected chi connectivity index (χ2v) is 4.78. The summed E-state index contributed by atoms with van der Waals surface area (Å²) in [5, 5.41) is 2.75. The minimum Gasteiger partial charge on any atom is -0.343 e. The van der Waals surface area contributed by atoms with E-state index in [1.54, 1.807) is 24.2 Å². The highest BCUT2D eigenvalue weighted by molar-refractivity contribution is 5.96. The number of nitrogens with one attached hydrogen (secondary N) is 1. The lowest BCUT2D eigenvalue weighted by Gasteiger charge is -2.37. The van der Waals surface area contributed by atoms with Gasteiger partial charge < -0.3 is 10.2 Å². The molecule has 1 aromatic rings. The van der Waals surface area contributed by atoms with Crippen LogP contribution >= 0.6 is 0 Å². The van der Waals surface area contributed by atoms with Gasteiger partial charge in [-0.05, 0) is 37.5 Å². The van der Waals surface area contributed by atoms with E-state index in [0.717, 1.165) is 12.0 Å². The van der Waals surface area contributed by atoms with E-state index in [-0.39, 0.29) is 17.9 Å². The van der Waals surface area contributed by atoms with E-state index in [1.165, 1.54) is 0 Å². The molecule has 0 saturated carbocycles. The first kappa shape index (κ1) is 13.5. The monoisotopic (exact) mass is 261 g/mol. The lowest BCUT2D eigenvalue weighted by molar-refractivity contribution is -0.148. The lowest BCUT2D eigenvalue weighted by Crippen LogP contribution is -2.62. The van der Waals surface area contributed by atoms with Crippen LogP contribution in [0.4, 0.5) is 0 Å². The molecular formula is C14H19N3O2. The van der Waals surface area contributed by atoms with Gasteiger partial charge in [0, 0.05) is 18.9 Å². The molecule has 1 aliphatic heterocycles. The third-order valence-electron chi connectivity index (χ3n) is 3.54. The van der Waals surface area contributed by atoms with Gasteiger partial charge in [-0.15, -0.1) is 0 Å². The van der Waals surface area contributed by atoms with E-state index < -0.39 is 6.04 Å². The summed E-state index contributed by atoms with van der Waals surface area (Å²) in [4.78, 5) is 29.7. The number of hydrogen-bond donors (Lipinski definition) is 1. The van der Waals surface area contributed by atoms with E-state index in [1.807, 2.05) is 19.1 Å². The van der Waals surface area contributed by atoms with Crippen LogP contribution < -0.4 is 5.32 Å². The van der Waals surface area contributed by atoms with Crippen LogP contribution in [0.1, 0.15) is 25.8 Å². The van der Waals surface area contributed by atoms with Crippen molar-refractivity contribution in [3.8, 4) is 0 Å². The van der Waals surface area contributed by atoms with Gasteiger partial charge in [-0.1, -0.05) is 6.92 Å². The van der Waals surface area contributed by atoms with E-state index in [0.29, 0.717) is 13.0 Å². The van der Waals surface area contributed by atoms with Crippen LogP contribution in [0.25, 0.3) is 0 Å². The van der Waals surface area contributed by atoms with Crippen molar-refractivity contribution >= 4 is 11.8 Å². The molecule has 2 unspecified atom stereocenters. The zero-order chi connectivity index (χ0) is 13.8. The maximum Gasteiger partial charge on any atom is 0.245 e. The molecule has 0 radical (unpaired) electrons. The summed E-state index contributed by atoms with van der Waals surface area (Å²) in [5.41, 5.74) is 1.12. The molecule has 1 fully saturated rings. The summed E-state index contributed by atoms with van der Waals surface area (Å²) in [5.74, 6) is -0.0511. The fourth-order valence-electron chi connectivity index (χ4n) is 2.27. The van der Waals surface area contributed by atoms with E-state index in [9.17, 15) is 9.59 Å². The molecule has 1 aliphatic rings. The average molecular weight is 261 g/mol. The smallest absolute Gasteiger partial charge is 0.245 e. The molecule has 2 rings (SSSR count). The second kappa shape index (κ2) is 5.82. The van der Waals surface area contributed by atoms with Crippen molar-refractivity contribution in [2.45, 2.75) is 38.8 Å². The molecule has 2 atom stereocenters. The zero-order valence-corrected chi connectivity index (χ0v) is 11.3. The van der Waals surface area contributed by atoms with E-state index in [2.05, 4.69) is 10.3 Å². The van der Waals surface area contributed by atoms with Crippen LogP contribution in [0.3, 0.4) is 0 Å². The van der Waals surface area contributed by atoms with Crippen LogP contribution in [0, 0.1) is 0 Å². The van der Waals surface area contributed by atoms with Crippen molar-refractivity contribution in [2.24, 2.45) is 0 Å². The van der Waals surface area contributed by atoms with Crippen LogP contribution in [0.15, 0.2) is 24.5 Å². The number of nitrogens with zero attached hydrogens (tertiary/aromatic N) is 2. The van der Waals surface area contributed by atoms with Crippen molar-refractivity contribution in [1.82, 2.24) is 15.2 Å². The van der Waals surface area contributed by atoms with Gasteiger partial charge in [0.1, 0.15) is 12.1 Å². The molecule has 102 valence electrons. The molecule has 2 heterocycles.